The van der Waals surface area contributed by atoms with E-state index >= 15 is 0 Å². The number of nitrogens with zero attached hydrogens (tertiary/aromatic N) is 1. The molecule has 1 unspecified atom stereocenters. The van der Waals surface area contributed by atoms with Crippen LogP contribution in [0.4, 0.5) is 0 Å². The minimum Gasteiger partial charge on any atom is -0.378 e. The molecule has 0 radical (unpaired) electrons. The van der Waals surface area contributed by atoms with Gasteiger partial charge in [-0.05, 0) is 31.5 Å². The van der Waals surface area contributed by atoms with Crippen molar-refractivity contribution in [3.8, 4) is 0 Å². The van der Waals surface area contributed by atoms with Gasteiger partial charge in [-0.1, -0.05) is 29.3 Å². The number of rotatable bonds is 9. The van der Waals surface area contributed by atoms with Gasteiger partial charge in [0.2, 0.25) is 0 Å². The van der Waals surface area contributed by atoms with Crippen LogP contribution in [0.3, 0.4) is 0 Å². The standard InChI is InChI=1S/C16H25Cl2N3O3S/c1-4-19-16(20-7-8-24-9-10-25(3,22)23)21-12(2)14-6-5-13(17)11-15(14)18/h5-6,11-12H,4,7-10H2,1-3H3,(H2,19,20,21). The summed E-state index contributed by atoms with van der Waals surface area (Å²) in [5, 5.41) is 7.60. The van der Waals surface area contributed by atoms with Gasteiger partial charge >= 0.3 is 0 Å². The van der Waals surface area contributed by atoms with Crippen molar-refractivity contribution >= 4 is 39.0 Å². The average Bonchev–Trinajstić information content (AvgIpc) is 2.49. The summed E-state index contributed by atoms with van der Waals surface area (Å²) in [5.41, 5.74) is 0.918. The maximum atomic E-state index is 11.0. The van der Waals surface area contributed by atoms with Crippen molar-refractivity contribution in [2.24, 2.45) is 4.99 Å². The molecule has 1 rings (SSSR count). The van der Waals surface area contributed by atoms with Gasteiger partial charge in [-0.25, -0.2) is 8.42 Å². The van der Waals surface area contributed by atoms with Crippen molar-refractivity contribution in [1.29, 1.82) is 0 Å². The van der Waals surface area contributed by atoms with Gasteiger partial charge in [-0.3, -0.25) is 4.99 Å². The van der Waals surface area contributed by atoms with Gasteiger partial charge in [-0.2, -0.15) is 0 Å². The third kappa shape index (κ3) is 9.30. The first kappa shape index (κ1) is 22.0. The molecule has 1 aromatic carbocycles. The molecule has 0 fully saturated rings. The van der Waals surface area contributed by atoms with Gasteiger partial charge in [0.1, 0.15) is 9.84 Å². The highest BCUT2D eigenvalue weighted by molar-refractivity contribution is 7.90. The van der Waals surface area contributed by atoms with Gasteiger partial charge < -0.3 is 15.4 Å². The maximum Gasteiger partial charge on any atom is 0.191 e. The van der Waals surface area contributed by atoms with Crippen LogP contribution in [0.1, 0.15) is 25.5 Å². The minimum absolute atomic E-state index is 0.0150. The van der Waals surface area contributed by atoms with Crippen molar-refractivity contribution in [3.05, 3.63) is 33.8 Å². The summed E-state index contributed by atoms with van der Waals surface area (Å²) in [6, 6.07) is 5.31. The summed E-state index contributed by atoms with van der Waals surface area (Å²) < 4.78 is 27.3. The Balaban J connectivity index is 2.54. The fourth-order valence-corrected chi connectivity index (χ4v) is 2.98. The van der Waals surface area contributed by atoms with Gasteiger partial charge in [0.05, 0.1) is 31.6 Å². The van der Waals surface area contributed by atoms with Crippen LogP contribution in [-0.4, -0.2) is 52.7 Å². The molecule has 0 aliphatic carbocycles. The first-order valence-electron chi connectivity index (χ1n) is 7.98. The Hall–Kier alpha value is -1.02. The van der Waals surface area contributed by atoms with E-state index in [1.807, 2.05) is 19.9 Å². The normalized spacial score (nSPS) is 13.6. The number of hydrogen-bond donors (Lipinski definition) is 2. The number of ether oxygens (including phenoxy) is 1. The monoisotopic (exact) mass is 409 g/mol. The molecule has 0 aliphatic heterocycles. The predicted molar refractivity (Wildman–Crippen MR) is 105 cm³/mol. The summed E-state index contributed by atoms with van der Waals surface area (Å²) in [6.07, 6.45) is 1.19. The van der Waals surface area contributed by atoms with Crippen LogP contribution in [0.25, 0.3) is 0 Å². The van der Waals surface area contributed by atoms with E-state index in [4.69, 9.17) is 27.9 Å². The van der Waals surface area contributed by atoms with Crippen molar-refractivity contribution in [2.75, 3.05) is 38.3 Å². The second-order valence-electron chi connectivity index (χ2n) is 5.53. The molecule has 25 heavy (non-hydrogen) atoms. The zero-order chi connectivity index (χ0) is 18.9. The SMILES string of the molecule is CCNC(=NCCOCCS(C)(=O)=O)NC(C)c1ccc(Cl)cc1Cl. The van der Waals surface area contributed by atoms with E-state index in [1.165, 1.54) is 6.26 Å². The molecule has 6 nitrogen and oxygen atoms in total. The molecule has 9 heteroatoms. The Bertz CT molecular complexity index is 681. The lowest BCUT2D eigenvalue weighted by Crippen LogP contribution is -2.39. The number of sulfone groups is 1. The Kier molecular flexibility index (Phi) is 9.56. The summed E-state index contributed by atoms with van der Waals surface area (Å²) in [4.78, 5) is 4.41. The number of guanidine groups is 1. The fraction of sp³-hybridized carbons (Fsp3) is 0.562. The van der Waals surface area contributed by atoms with Crippen LogP contribution in [-0.2, 0) is 14.6 Å². The lowest BCUT2D eigenvalue weighted by atomic mass is 10.1. The van der Waals surface area contributed by atoms with Crippen LogP contribution in [0.15, 0.2) is 23.2 Å². The van der Waals surface area contributed by atoms with Crippen molar-refractivity contribution in [2.45, 2.75) is 19.9 Å². The molecule has 0 saturated carbocycles. The minimum atomic E-state index is -3.00. The molecule has 0 aliphatic rings. The quantitative estimate of drug-likeness (QED) is 0.372. The first-order valence-corrected chi connectivity index (χ1v) is 10.8. The predicted octanol–water partition coefficient (Wildman–Crippen LogP) is 2.67. The zero-order valence-corrected chi connectivity index (χ0v) is 17.0. The second kappa shape index (κ2) is 10.9. The van der Waals surface area contributed by atoms with Crippen LogP contribution in [0, 0.1) is 0 Å². The summed E-state index contributed by atoms with van der Waals surface area (Å²) in [5.74, 6) is 0.647. The molecule has 0 heterocycles. The van der Waals surface area contributed by atoms with E-state index in [1.54, 1.807) is 12.1 Å². The van der Waals surface area contributed by atoms with Gasteiger partial charge in [0.15, 0.2) is 5.96 Å². The lowest BCUT2D eigenvalue weighted by molar-refractivity contribution is 0.157. The number of benzene rings is 1. The Labute approximate surface area is 159 Å². The Morgan fingerprint density at radius 1 is 1.32 bits per heavy atom. The molecular formula is C16H25Cl2N3O3S. The molecule has 2 N–H and O–H groups in total. The van der Waals surface area contributed by atoms with Gasteiger partial charge in [0, 0.05) is 22.8 Å². The topological polar surface area (TPSA) is 79.8 Å². The third-order valence-electron chi connectivity index (χ3n) is 3.23. The highest BCUT2D eigenvalue weighted by atomic mass is 35.5. The van der Waals surface area contributed by atoms with Crippen LogP contribution in [0.5, 0.6) is 0 Å². The maximum absolute atomic E-state index is 11.0. The van der Waals surface area contributed by atoms with Crippen molar-refractivity contribution in [3.63, 3.8) is 0 Å². The summed E-state index contributed by atoms with van der Waals surface area (Å²) >= 11 is 12.2. The number of halogens is 2. The molecule has 0 saturated heterocycles. The van der Waals surface area contributed by atoms with E-state index in [0.717, 1.165) is 5.56 Å². The zero-order valence-electron chi connectivity index (χ0n) is 14.7. The highest BCUT2D eigenvalue weighted by Crippen LogP contribution is 2.25. The van der Waals surface area contributed by atoms with Crippen LogP contribution in [0.2, 0.25) is 10.0 Å². The fourth-order valence-electron chi connectivity index (χ4n) is 1.99. The lowest BCUT2D eigenvalue weighted by Gasteiger charge is -2.19. The van der Waals surface area contributed by atoms with Gasteiger partial charge in [0.25, 0.3) is 0 Å². The molecule has 0 spiro atoms. The molecule has 0 aromatic heterocycles. The van der Waals surface area contributed by atoms with E-state index in [0.29, 0.717) is 35.7 Å². The summed E-state index contributed by atoms with van der Waals surface area (Å²) in [7, 11) is -3.00. The molecule has 142 valence electrons. The largest absolute Gasteiger partial charge is 0.378 e. The van der Waals surface area contributed by atoms with Crippen LogP contribution < -0.4 is 10.6 Å². The molecule has 0 amide bonds. The molecule has 1 atom stereocenters. The Morgan fingerprint density at radius 3 is 2.64 bits per heavy atom. The van der Waals surface area contributed by atoms with E-state index in [2.05, 4.69) is 15.6 Å². The Morgan fingerprint density at radius 2 is 2.04 bits per heavy atom. The van der Waals surface area contributed by atoms with Crippen LogP contribution >= 0.6 is 23.2 Å². The number of aliphatic imine (C=N–C) groups is 1. The average molecular weight is 410 g/mol. The van der Waals surface area contributed by atoms with Crippen molar-refractivity contribution in [1.82, 2.24) is 10.6 Å². The molecule has 1 aromatic rings. The molecular weight excluding hydrogens is 385 g/mol. The molecule has 0 bridgehead atoms. The van der Waals surface area contributed by atoms with E-state index < -0.39 is 9.84 Å². The third-order valence-corrected chi connectivity index (χ3v) is 4.70. The smallest absolute Gasteiger partial charge is 0.191 e. The van der Waals surface area contributed by atoms with Crippen molar-refractivity contribution < 1.29 is 13.2 Å². The summed E-state index contributed by atoms with van der Waals surface area (Å²) in [6.45, 7) is 5.60. The van der Waals surface area contributed by atoms with Gasteiger partial charge in [-0.15, -0.1) is 0 Å². The van der Waals surface area contributed by atoms with E-state index in [-0.39, 0.29) is 18.4 Å². The highest BCUT2D eigenvalue weighted by Gasteiger charge is 2.11. The second-order valence-corrected chi connectivity index (χ2v) is 8.64. The number of nitrogens with one attached hydrogen (secondary N) is 2. The van der Waals surface area contributed by atoms with E-state index in [9.17, 15) is 8.42 Å². The number of hydrogen-bond acceptors (Lipinski definition) is 4. The first-order chi connectivity index (χ1) is 11.7.